The van der Waals surface area contributed by atoms with Crippen molar-refractivity contribution in [1.82, 2.24) is 9.97 Å². The Morgan fingerprint density at radius 1 is 1.33 bits per heavy atom. The number of aromatic nitrogens is 2. The van der Waals surface area contributed by atoms with E-state index in [1.54, 1.807) is 0 Å². The minimum Gasteiger partial charge on any atom is -0.329 e. The largest absolute Gasteiger partial charge is 0.329 e. The van der Waals surface area contributed by atoms with Crippen LogP contribution in [0.1, 0.15) is 16.4 Å². The number of nitrogens with one attached hydrogen (secondary N) is 1. The van der Waals surface area contributed by atoms with Crippen molar-refractivity contribution in [3.63, 3.8) is 0 Å². The van der Waals surface area contributed by atoms with E-state index in [9.17, 15) is 4.79 Å². The Labute approximate surface area is 110 Å². The lowest BCUT2D eigenvalue weighted by molar-refractivity contribution is 0.896. The molecule has 1 aromatic heterocycles. The Morgan fingerprint density at radius 3 is 2.67 bits per heavy atom. The van der Waals surface area contributed by atoms with Crippen LogP contribution in [0.2, 0.25) is 0 Å². The van der Waals surface area contributed by atoms with E-state index in [1.165, 1.54) is 29.6 Å². The molecule has 0 bridgehead atoms. The zero-order chi connectivity index (χ0) is 13.0. The average molecular weight is 261 g/mol. The smallest absolute Gasteiger partial charge is 0.251 e. The van der Waals surface area contributed by atoms with Crippen molar-refractivity contribution in [2.24, 2.45) is 5.73 Å². The molecule has 0 fully saturated rings. The molecule has 1 atom stereocenters. The molecule has 0 aliphatic carbocycles. The van der Waals surface area contributed by atoms with E-state index in [2.05, 4.69) is 34.2 Å². The van der Waals surface area contributed by atoms with Crippen LogP contribution in [0.25, 0.3) is 0 Å². The topological polar surface area (TPSA) is 71.8 Å². The summed E-state index contributed by atoms with van der Waals surface area (Å²) in [4.78, 5) is 18.0. The number of aromatic amines is 1. The van der Waals surface area contributed by atoms with Crippen LogP contribution in [0.5, 0.6) is 0 Å². The fourth-order valence-electron chi connectivity index (χ4n) is 1.58. The summed E-state index contributed by atoms with van der Waals surface area (Å²) in [6.07, 6.45) is 1.50. The molecule has 0 radical (unpaired) electrons. The summed E-state index contributed by atoms with van der Waals surface area (Å²) in [5, 5.41) is 0.690. The highest BCUT2D eigenvalue weighted by atomic mass is 32.2. The van der Waals surface area contributed by atoms with Crippen molar-refractivity contribution in [2.75, 3.05) is 6.54 Å². The zero-order valence-electron chi connectivity index (χ0n) is 10.1. The van der Waals surface area contributed by atoms with Gasteiger partial charge in [-0.1, -0.05) is 41.6 Å². The highest BCUT2D eigenvalue weighted by Gasteiger charge is 2.12. The molecule has 5 heteroatoms. The van der Waals surface area contributed by atoms with Crippen LogP contribution >= 0.6 is 11.8 Å². The summed E-state index contributed by atoms with van der Waals surface area (Å²) in [6.45, 7) is 2.54. The van der Waals surface area contributed by atoms with Crippen molar-refractivity contribution in [1.29, 1.82) is 0 Å². The lowest BCUT2D eigenvalue weighted by Gasteiger charge is -2.14. The highest BCUT2D eigenvalue weighted by Crippen LogP contribution is 2.31. The van der Waals surface area contributed by atoms with Gasteiger partial charge in [0.25, 0.3) is 5.56 Å². The number of nitrogens with two attached hydrogens (primary N) is 1. The second-order valence-electron chi connectivity index (χ2n) is 3.99. The lowest BCUT2D eigenvalue weighted by Crippen LogP contribution is -2.12. The predicted molar refractivity (Wildman–Crippen MR) is 73.7 cm³/mol. The van der Waals surface area contributed by atoms with E-state index in [0.29, 0.717) is 11.7 Å². The van der Waals surface area contributed by atoms with Crippen molar-refractivity contribution in [2.45, 2.75) is 17.3 Å². The maximum absolute atomic E-state index is 11.2. The van der Waals surface area contributed by atoms with Crippen LogP contribution < -0.4 is 11.3 Å². The second-order valence-corrected chi connectivity index (χ2v) is 5.18. The summed E-state index contributed by atoms with van der Waals surface area (Å²) < 4.78 is 0. The van der Waals surface area contributed by atoms with Gasteiger partial charge in [-0.3, -0.25) is 4.79 Å². The quantitative estimate of drug-likeness (QED) is 0.651. The van der Waals surface area contributed by atoms with E-state index in [4.69, 9.17) is 5.73 Å². The molecule has 4 nitrogen and oxygen atoms in total. The first-order valence-electron chi connectivity index (χ1n) is 5.67. The number of benzene rings is 1. The van der Waals surface area contributed by atoms with Gasteiger partial charge in [-0.05, 0) is 12.5 Å². The van der Waals surface area contributed by atoms with Crippen LogP contribution in [-0.2, 0) is 0 Å². The van der Waals surface area contributed by atoms with Gasteiger partial charge in [0.2, 0.25) is 0 Å². The maximum Gasteiger partial charge on any atom is 0.251 e. The third kappa shape index (κ3) is 3.21. The molecule has 0 aliphatic heterocycles. The summed E-state index contributed by atoms with van der Waals surface area (Å²) in [7, 11) is 0. The van der Waals surface area contributed by atoms with Gasteiger partial charge in [-0.25, -0.2) is 4.98 Å². The third-order valence-corrected chi connectivity index (χ3v) is 3.74. The molecule has 2 rings (SSSR count). The minimum absolute atomic E-state index is 0.0937. The van der Waals surface area contributed by atoms with Gasteiger partial charge in [-0.2, -0.15) is 0 Å². The first-order chi connectivity index (χ1) is 8.69. The summed E-state index contributed by atoms with van der Waals surface area (Å²) in [6, 6.07) is 9.62. The van der Waals surface area contributed by atoms with Crippen LogP contribution in [0, 0.1) is 6.92 Å². The minimum atomic E-state index is -0.146. The molecular formula is C13H15N3OS. The Hall–Kier alpha value is -1.59. The first-order valence-corrected chi connectivity index (χ1v) is 6.55. The summed E-state index contributed by atoms with van der Waals surface area (Å²) in [5.74, 6) is 0. The monoisotopic (exact) mass is 261 g/mol. The van der Waals surface area contributed by atoms with E-state index >= 15 is 0 Å². The number of rotatable bonds is 4. The van der Waals surface area contributed by atoms with Gasteiger partial charge in [0.15, 0.2) is 5.16 Å². The third-order valence-electron chi connectivity index (χ3n) is 2.56. The molecule has 1 heterocycles. The molecule has 94 valence electrons. The van der Waals surface area contributed by atoms with Crippen LogP contribution in [0.15, 0.2) is 46.5 Å². The standard InChI is InChI=1S/C13H15N3OS/c1-9-2-4-10(5-3-9)11(8-14)18-13-15-7-6-12(17)16-13/h2-7,11H,8,14H2,1H3,(H,15,16,17). The molecule has 1 aromatic carbocycles. The Balaban J connectivity index is 2.19. The Morgan fingerprint density at radius 2 is 2.06 bits per heavy atom. The van der Waals surface area contributed by atoms with Crippen molar-refractivity contribution < 1.29 is 0 Å². The number of hydrogen-bond acceptors (Lipinski definition) is 4. The Kier molecular flexibility index (Phi) is 4.17. The lowest BCUT2D eigenvalue weighted by atomic mass is 10.1. The van der Waals surface area contributed by atoms with Crippen molar-refractivity contribution >= 4 is 11.8 Å². The molecule has 3 N–H and O–H groups in total. The molecule has 0 saturated carbocycles. The molecule has 1 unspecified atom stereocenters. The van der Waals surface area contributed by atoms with Gasteiger partial charge >= 0.3 is 0 Å². The molecular weight excluding hydrogens is 246 g/mol. The van der Waals surface area contributed by atoms with E-state index in [1.807, 2.05) is 6.92 Å². The molecule has 0 saturated heterocycles. The fourth-order valence-corrected chi connectivity index (χ4v) is 2.52. The molecule has 2 aromatic rings. The van der Waals surface area contributed by atoms with Crippen molar-refractivity contribution in [3.05, 3.63) is 58.0 Å². The van der Waals surface area contributed by atoms with Crippen LogP contribution in [0.3, 0.4) is 0 Å². The zero-order valence-corrected chi connectivity index (χ0v) is 10.9. The second kappa shape index (κ2) is 5.84. The van der Waals surface area contributed by atoms with Gasteiger partial charge in [0, 0.05) is 24.1 Å². The molecule has 0 spiro atoms. The summed E-state index contributed by atoms with van der Waals surface area (Å²) in [5.41, 5.74) is 7.99. The first kappa shape index (κ1) is 12.9. The molecule has 0 aliphatic rings. The average Bonchev–Trinajstić information content (AvgIpc) is 2.37. The highest BCUT2D eigenvalue weighted by molar-refractivity contribution is 7.99. The normalized spacial score (nSPS) is 12.3. The SMILES string of the molecule is Cc1ccc(C(CN)Sc2nccc(=O)[nH]2)cc1. The number of hydrogen-bond donors (Lipinski definition) is 2. The fraction of sp³-hybridized carbons (Fsp3) is 0.231. The molecule has 18 heavy (non-hydrogen) atoms. The number of H-pyrrole nitrogens is 1. The van der Waals surface area contributed by atoms with Gasteiger partial charge in [0.05, 0.1) is 0 Å². The van der Waals surface area contributed by atoms with E-state index in [0.717, 1.165) is 5.56 Å². The maximum atomic E-state index is 11.2. The number of thioether (sulfide) groups is 1. The predicted octanol–water partition coefficient (Wildman–Crippen LogP) is 1.87. The van der Waals surface area contributed by atoms with Gasteiger partial charge in [0.1, 0.15) is 0 Å². The van der Waals surface area contributed by atoms with Gasteiger partial charge < -0.3 is 10.7 Å². The van der Waals surface area contributed by atoms with Crippen LogP contribution in [-0.4, -0.2) is 16.5 Å². The Bertz CT molecular complexity index is 565. The van der Waals surface area contributed by atoms with E-state index in [-0.39, 0.29) is 10.8 Å². The number of aryl methyl sites for hydroxylation is 1. The number of nitrogens with zero attached hydrogens (tertiary/aromatic N) is 1. The van der Waals surface area contributed by atoms with Crippen molar-refractivity contribution in [3.8, 4) is 0 Å². The van der Waals surface area contributed by atoms with Crippen LogP contribution in [0.4, 0.5) is 0 Å². The summed E-state index contributed by atoms with van der Waals surface area (Å²) >= 11 is 1.47. The van der Waals surface area contributed by atoms with Gasteiger partial charge in [-0.15, -0.1) is 0 Å². The molecule has 0 amide bonds. The van der Waals surface area contributed by atoms with E-state index < -0.39 is 0 Å².